The molecular weight excluding hydrogens is 286 g/mol. The van der Waals surface area contributed by atoms with Gasteiger partial charge in [-0.25, -0.2) is 18.7 Å². The molecule has 108 valence electrons. The van der Waals surface area contributed by atoms with E-state index in [1.165, 1.54) is 0 Å². The first-order valence-electron chi connectivity index (χ1n) is 6.63. The van der Waals surface area contributed by atoms with Gasteiger partial charge in [0.1, 0.15) is 0 Å². The zero-order valence-electron chi connectivity index (χ0n) is 11.2. The average Bonchev–Trinajstić information content (AvgIpc) is 2.86. The maximum atomic E-state index is 12.4. The van der Waals surface area contributed by atoms with Gasteiger partial charge in [0.2, 0.25) is 10.0 Å². The van der Waals surface area contributed by atoms with Crippen molar-refractivity contribution < 1.29 is 8.42 Å². The molecule has 2 N–H and O–H groups in total. The van der Waals surface area contributed by atoms with Crippen molar-refractivity contribution in [2.75, 3.05) is 0 Å². The van der Waals surface area contributed by atoms with Crippen LogP contribution < -0.4 is 4.72 Å². The van der Waals surface area contributed by atoms with Crippen LogP contribution in [0.5, 0.6) is 0 Å². The minimum absolute atomic E-state index is 0.220. The number of nitrogens with zero attached hydrogens (tertiary/aromatic N) is 1. The van der Waals surface area contributed by atoms with Gasteiger partial charge in [-0.1, -0.05) is 42.5 Å². The molecule has 0 aromatic heterocycles. The molecule has 0 radical (unpaired) electrons. The van der Waals surface area contributed by atoms with Crippen molar-refractivity contribution >= 4 is 10.0 Å². The smallest absolute Gasteiger partial charge is 0.209 e. The van der Waals surface area contributed by atoms with Crippen molar-refractivity contribution in [2.24, 2.45) is 5.11 Å². The van der Waals surface area contributed by atoms with E-state index in [-0.39, 0.29) is 10.9 Å². The summed E-state index contributed by atoms with van der Waals surface area (Å²) in [7, 11) is -3.62. The minimum atomic E-state index is -3.62. The minimum Gasteiger partial charge on any atom is -0.209 e. The lowest BCUT2D eigenvalue weighted by Crippen LogP contribution is -2.33. The molecule has 0 saturated carbocycles. The highest BCUT2D eigenvalue weighted by molar-refractivity contribution is 7.89. The van der Waals surface area contributed by atoms with E-state index in [0.29, 0.717) is 6.42 Å². The Morgan fingerprint density at radius 1 is 1.05 bits per heavy atom. The van der Waals surface area contributed by atoms with Gasteiger partial charge in [0.25, 0.3) is 0 Å². The predicted octanol–water partition coefficient (Wildman–Crippen LogP) is 2.66. The Balaban J connectivity index is 1.95. The molecule has 0 amide bonds. The molecule has 0 fully saturated rings. The monoisotopic (exact) mass is 301 g/mol. The Bertz CT molecular complexity index is 759. The van der Waals surface area contributed by atoms with E-state index in [1.54, 1.807) is 30.3 Å². The van der Waals surface area contributed by atoms with Crippen molar-refractivity contribution in [2.45, 2.75) is 23.4 Å². The Kier molecular flexibility index (Phi) is 3.57. The molecule has 0 saturated heterocycles. The van der Waals surface area contributed by atoms with Crippen LogP contribution >= 0.6 is 0 Å². The number of rotatable bonds is 4. The summed E-state index contributed by atoms with van der Waals surface area (Å²) in [5.74, 6) is 0. The highest BCUT2D eigenvalue weighted by Gasteiger charge is 2.35. The molecule has 21 heavy (non-hydrogen) atoms. The molecule has 1 aliphatic rings. The van der Waals surface area contributed by atoms with Crippen molar-refractivity contribution in [3.05, 3.63) is 65.7 Å². The lowest BCUT2D eigenvalue weighted by molar-refractivity contribution is 0.501. The molecule has 0 bridgehead atoms. The van der Waals surface area contributed by atoms with Gasteiger partial charge in [0.15, 0.2) is 0 Å². The van der Waals surface area contributed by atoms with Gasteiger partial charge in [-0.2, -0.15) is 5.11 Å². The summed E-state index contributed by atoms with van der Waals surface area (Å²) in [6.07, 6.45) is 0.585. The van der Waals surface area contributed by atoms with Crippen LogP contribution in [0.4, 0.5) is 0 Å². The van der Waals surface area contributed by atoms with Crippen molar-refractivity contribution in [3.63, 3.8) is 0 Å². The zero-order valence-corrected chi connectivity index (χ0v) is 12.0. The van der Waals surface area contributed by atoms with Crippen LogP contribution in [0.15, 0.2) is 64.6 Å². The van der Waals surface area contributed by atoms with Crippen LogP contribution in [0.2, 0.25) is 0 Å². The average molecular weight is 301 g/mol. The molecule has 0 spiro atoms. The molecule has 0 aliphatic heterocycles. The van der Waals surface area contributed by atoms with E-state index in [4.69, 9.17) is 5.53 Å². The van der Waals surface area contributed by atoms with Crippen LogP contribution in [0.1, 0.15) is 17.2 Å². The van der Waals surface area contributed by atoms with E-state index in [1.807, 2.05) is 24.3 Å². The largest absolute Gasteiger partial charge is 0.241 e. The maximum Gasteiger partial charge on any atom is 0.241 e. The van der Waals surface area contributed by atoms with E-state index in [2.05, 4.69) is 9.84 Å². The number of hydrogen-bond donors (Lipinski definition) is 2. The third kappa shape index (κ3) is 2.59. The Labute approximate surface area is 123 Å². The van der Waals surface area contributed by atoms with Crippen molar-refractivity contribution in [1.29, 1.82) is 5.53 Å². The number of sulfonamides is 1. The molecule has 6 heteroatoms. The fourth-order valence-electron chi connectivity index (χ4n) is 2.67. The fraction of sp³-hybridized carbons (Fsp3) is 0.200. The van der Waals surface area contributed by atoms with E-state index >= 15 is 0 Å². The van der Waals surface area contributed by atoms with Gasteiger partial charge in [0.05, 0.1) is 17.0 Å². The molecular formula is C15H15N3O2S. The normalized spacial score (nSPS) is 21.0. The maximum absolute atomic E-state index is 12.4. The number of benzene rings is 2. The van der Waals surface area contributed by atoms with Crippen LogP contribution in [0.3, 0.4) is 0 Å². The molecule has 3 rings (SSSR count). The molecule has 0 heterocycles. The molecule has 2 aromatic carbocycles. The zero-order chi connectivity index (χ0) is 14.9. The first-order valence-corrected chi connectivity index (χ1v) is 8.12. The van der Waals surface area contributed by atoms with Gasteiger partial charge < -0.3 is 0 Å². The lowest BCUT2D eigenvalue weighted by Gasteiger charge is -2.18. The Morgan fingerprint density at radius 3 is 2.43 bits per heavy atom. The summed E-state index contributed by atoms with van der Waals surface area (Å²) in [4.78, 5) is 0.220. The Morgan fingerprint density at radius 2 is 1.71 bits per heavy atom. The lowest BCUT2D eigenvalue weighted by atomic mass is 10.1. The second-order valence-electron chi connectivity index (χ2n) is 5.01. The van der Waals surface area contributed by atoms with Crippen molar-refractivity contribution in [3.8, 4) is 0 Å². The highest BCUT2D eigenvalue weighted by Crippen LogP contribution is 2.34. The second-order valence-corrected chi connectivity index (χ2v) is 6.73. The Hall–Kier alpha value is -2.05. The highest BCUT2D eigenvalue weighted by atomic mass is 32.2. The molecule has 1 aliphatic carbocycles. The summed E-state index contributed by atoms with van der Waals surface area (Å²) in [5, 5.41) is 3.58. The van der Waals surface area contributed by atoms with Crippen molar-refractivity contribution in [1.82, 2.24) is 4.72 Å². The van der Waals surface area contributed by atoms with Gasteiger partial charge >= 0.3 is 0 Å². The predicted molar refractivity (Wildman–Crippen MR) is 78.6 cm³/mol. The quantitative estimate of drug-likeness (QED) is 0.851. The van der Waals surface area contributed by atoms with Crippen LogP contribution in [0.25, 0.3) is 0 Å². The van der Waals surface area contributed by atoms with E-state index in [0.717, 1.165) is 11.1 Å². The van der Waals surface area contributed by atoms with Crippen LogP contribution in [0, 0.1) is 5.53 Å². The first-order chi connectivity index (χ1) is 10.1. The van der Waals surface area contributed by atoms with Crippen LogP contribution in [-0.4, -0.2) is 14.5 Å². The first kappa shape index (κ1) is 13.9. The summed E-state index contributed by atoms with van der Waals surface area (Å²) in [6, 6.07) is 15.0. The molecule has 5 nitrogen and oxygen atoms in total. The standard InChI is InChI=1S/C15H15N3O2S/c16-17-14-10-11-6-4-5-9-13(11)15(14)18-21(19,20)12-7-2-1-3-8-12/h1-9,14-16,18H,10H2. The topological polar surface area (TPSA) is 82.4 Å². The fourth-order valence-corrected chi connectivity index (χ4v) is 3.94. The molecule has 2 unspecified atom stereocenters. The summed E-state index contributed by atoms with van der Waals surface area (Å²) < 4.78 is 27.6. The summed E-state index contributed by atoms with van der Waals surface area (Å²) >= 11 is 0. The molecule has 2 aromatic rings. The van der Waals surface area contributed by atoms with E-state index in [9.17, 15) is 8.42 Å². The van der Waals surface area contributed by atoms with Gasteiger partial charge in [-0.05, 0) is 29.7 Å². The summed E-state index contributed by atoms with van der Waals surface area (Å²) in [6.45, 7) is 0. The van der Waals surface area contributed by atoms with E-state index < -0.39 is 16.1 Å². The summed E-state index contributed by atoms with van der Waals surface area (Å²) in [5.41, 5.74) is 9.25. The second kappa shape index (κ2) is 5.38. The van der Waals surface area contributed by atoms with Gasteiger partial charge in [-0.3, -0.25) is 0 Å². The number of fused-ring (bicyclic) bond motifs is 1. The number of hydrogen-bond acceptors (Lipinski definition) is 4. The number of nitrogens with one attached hydrogen (secondary N) is 2. The third-order valence-corrected chi connectivity index (χ3v) is 5.16. The third-order valence-electron chi connectivity index (χ3n) is 3.71. The van der Waals surface area contributed by atoms with Gasteiger partial charge in [-0.15, -0.1) is 0 Å². The van der Waals surface area contributed by atoms with Gasteiger partial charge in [0, 0.05) is 0 Å². The molecule has 2 atom stereocenters. The SMILES string of the molecule is N=NC1Cc2ccccc2C1NS(=O)(=O)c1ccccc1. The van der Waals surface area contributed by atoms with Crippen LogP contribution in [-0.2, 0) is 16.4 Å².